The fourth-order valence-electron chi connectivity index (χ4n) is 3.92. The fraction of sp³-hybridized carbons (Fsp3) is 0.364. The molecule has 0 spiro atoms. The molecule has 2 aliphatic heterocycles. The Bertz CT molecular complexity index is 860. The summed E-state index contributed by atoms with van der Waals surface area (Å²) in [5, 5.41) is 3.45. The van der Waals surface area contributed by atoms with Crippen LogP contribution in [0.15, 0.2) is 48.5 Å². The summed E-state index contributed by atoms with van der Waals surface area (Å²) in [5.41, 5.74) is 3.25. The average molecular weight is 379 g/mol. The maximum atomic E-state index is 12.8. The standard InChI is InChI=1S/C22H25N3O3/c1-28-15-14-25-20(18-6-2-3-7-19(18)22(25)27)23-17-10-8-16(9-11-17)21(26)24-12-4-5-13-24/h2-3,6-11,20,23H,4-5,12-15H2,1H3/t20-/m0/s1. The number of benzene rings is 2. The molecule has 1 atom stereocenters. The first kappa shape index (κ1) is 18.5. The van der Waals surface area contributed by atoms with Gasteiger partial charge in [-0.05, 0) is 43.2 Å². The molecular formula is C22H25N3O3. The van der Waals surface area contributed by atoms with Crippen LogP contribution >= 0.6 is 0 Å². The van der Waals surface area contributed by atoms with E-state index >= 15 is 0 Å². The smallest absolute Gasteiger partial charge is 0.256 e. The van der Waals surface area contributed by atoms with Gasteiger partial charge in [-0.15, -0.1) is 0 Å². The van der Waals surface area contributed by atoms with Crippen LogP contribution in [-0.4, -0.2) is 55.0 Å². The van der Waals surface area contributed by atoms with E-state index < -0.39 is 0 Å². The Hall–Kier alpha value is -2.86. The number of hydrogen-bond donors (Lipinski definition) is 1. The Balaban J connectivity index is 1.53. The molecule has 0 bridgehead atoms. The normalized spacial score (nSPS) is 18.5. The molecule has 2 aromatic carbocycles. The molecule has 146 valence electrons. The van der Waals surface area contributed by atoms with E-state index in [9.17, 15) is 9.59 Å². The minimum atomic E-state index is -0.251. The molecule has 0 unspecified atom stereocenters. The van der Waals surface area contributed by atoms with Crippen molar-refractivity contribution in [3.05, 3.63) is 65.2 Å². The van der Waals surface area contributed by atoms with Crippen LogP contribution in [0.5, 0.6) is 0 Å². The van der Waals surface area contributed by atoms with Crippen LogP contribution in [0.4, 0.5) is 5.69 Å². The Morgan fingerprint density at radius 2 is 1.82 bits per heavy atom. The van der Waals surface area contributed by atoms with Crippen LogP contribution in [0.2, 0.25) is 0 Å². The van der Waals surface area contributed by atoms with Crippen molar-refractivity contribution in [3.63, 3.8) is 0 Å². The van der Waals surface area contributed by atoms with Crippen LogP contribution in [0.3, 0.4) is 0 Å². The van der Waals surface area contributed by atoms with Crippen molar-refractivity contribution in [2.45, 2.75) is 19.0 Å². The number of methoxy groups -OCH3 is 1. The molecule has 6 nitrogen and oxygen atoms in total. The zero-order valence-corrected chi connectivity index (χ0v) is 16.1. The first-order valence-electron chi connectivity index (χ1n) is 9.74. The number of hydrogen-bond acceptors (Lipinski definition) is 4. The first-order valence-corrected chi connectivity index (χ1v) is 9.74. The highest BCUT2D eigenvalue weighted by Crippen LogP contribution is 2.34. The molecule has 28 heavy (non-hydrogen) atoms. The highest BCUT2D eigenvalue weighted by atomic mass is 16.5. The van der Waals surface area contributed by atoms with Crippen molar-refractivity contribution in [3.8, 4) is 0 Å². The third-order valence-electron chi connectivity index (χ3n) is 5.42. The Morgan fingerprint density at radius 3 is 2.54 bits per heavy atom. The highest BCUT2D eigenvalue weighted by Gasteiger charge is 2.36. The SMILES string of the molecule is COCCN1C(=O)c2ccccc2[C@H]1Nc1ccc(C(=O)N2CCCC2)cc1. The quantitative estimate of drug-likeness (QED) is 0.838. The van der Waals surface area contributed by atoms with Gasteiger partial charge in [0.25, 0.3) is 11.8 Å². The number of nitrogens with one attached hydrogen (secondary N) is 1. The van der Waals surface area contributed by atoms with Gasteiger partial charge in [-0.3, -0.25) is 9.59 Å². The van der Waals surface area contributed by atoms with Crippen LogP contribution in [0.1, 0.15) is 45.3 Å². The zero-order chi connectivity index (χ0) is 19.5. The average Bonchev–Trinajstić information content (AvgIpc) is 3.35. The van der Waals surface area contributed by atoms with Gasteiger partial charge in [0.05, 0.1) is 6.61 Å². The van der Waals surface area contributed by atoms with Crippen LogP contribution in [0.25, 0.3) is 0 Å². The molecule has 4 rings (SSSR count). The predicted molar refractivity (Wildman–Crippen MR) is 107 cm³/mol. The van der Waals surface area contributed by atoms with Gasteiger partial charge in [0.15, 0.2) is 0 Å². The number of carbonyl (C=O) groups is 2. The third kappa shape index (κ3) is 3.47. The first-order chi connectivity index (χ1) is 13.7. The van der Waals surface area contributed by atoms with E-state index in [2.05, 4.69) is 5.32 Å². The topological polar surface area (TPSA) is 61.9 Å². The molecule has 0 aromatic heterocycles. The predicted octanol–water partition coefficient (Wildman–Crippen LogP) is 3.14. The molecule has 6 heteroatoms. The molecule has 0 aliphatic carbocycles. The molecule has 2 aromatic rings. The van der Waals surface area contributed by atoms with Gasteiger partial charge in [-0.25, -0.2) is 0 Å². The van der Waals surface area contributed by atoms with Crippen molar-refractivity contribution in [1.82, 2.24) is 9.80 Å². The summed E-state index contributed by atoms with van der Waals surface area (Å²) in [5.74, 6) is 0.0955. The van der Waals surface area contributed by atoms with Gasteiger partial charge in [-0.2, -0.15) is 0 Å². The third-order valence-corrected chi connectivity index (χ3v) is 5.42. The summed E-state index contributed by atoms with van der Waals surface area (Å²) in [4.78, 5) is 29.0. The number of carbonyl (C=O) groups excluding carboxylic acids is 2. The van der Waals surface area contributed by atoms with Gasteiger partial charge in [0.2, 0.25) is 0 Å². The number of anilines is 1. The van der Waals surface area contributed by atoms with E-state index in [1.807, 2.05) is 53.4 Å². The van der Waals surface area contributed by atoms with E-state index in [0.29, 0.717) is 18.7 Å². The molecule has 1 fully saturated rings. The lowest BCUT2D eigenvalue weighted by Gasteiger charge is -2.27. The van der Waals surface area contributed by atoms with Gasteiger partial charge >= 0.3 is 0 Å². The Labute approximate surface area is 165 Å². The molecule has 1 N–H and O–H groups in total. The van der Waals surface area contributed by atoms with E-state index in [1.54, 1.807) is 12.0 Å². The van der Waals surface area contributed by atoms with Crippen molar-refractivity contribution >= 4 is 17.5 Å². The molecule has 2 amide bonds. The second kappa shape index (κ2) is 8.02. The number of amides is 2. The summed E-state index contributed by atoms with van der Waals surface area (Å²) in [7, 11) is 1.63. The Kier molecular flexibility index (Phi) is 5.30. The lowest BCUT2D eigenvalue weighted by molar-refractivity contribution is 0.0674. The molecule has 0 saturated carbocycles. The summed E-state index contributed by atoms with van der Waals surface area (Å²) in [6.45, 7) is 2.66. The molecule has 1 saturated heterocycles. The van der Waals surface area contributed by atoms with Crippen LogP contribution in [0, 0.1) is 0 Å². The number of nitrogens with zero attached hydrogens (tertiary/aromatic N) is 2. The number of fused-ring (bicyclic) bond motifs is 1. The highest BCUT2D eigenvalue weighted by molar-refractivity contribution is 5.99. The zero-order valence-electron chi connectivity index (χ0n) is 16.1. The van der Waals surface area contributed by atoms with Crippen molar-refractivity contribution in [2.24, 2.45) is 0 Å². The largest absolute Gasteiger partial charge is 0.383 e. The number of ether oxygens (including phenoxy) is 1. The fourth-order valence-corrected chi connectivity index (χ4v) is 3.92. The molecule has 2 heterocycles. The van der Waals surface area contributed by atoms with Crippen molar-refractivity contribution < 1.29 is 14.3 Å². The van der Waals surface area contributed by atoms with E-state index in [0.717, 1.165) is 42.7 Å². The van der Waals surface area contributed by atoms with Gasteiger partial charge in [0.1, 0.15) is 6.17 Å². The summed E-state index contributed by atoms with van der Waals surface area (Å²) < 4.78 is 5.18. The molecule has 2 aliphatic rings. The Morgan fingerprint density at radius 1 is 1.11 bits per heavy atom. The monoisotopic (exact) mass is 379 g/mol. The molecule has 0 radical (unpaired) electrons. The lowest BCUT2D eigenvalue weighted by Crippen LogP contribution is -2.35. The van der Waals surface area contributed by atoms with Gasteiger partial charge < -0.3 is 19.9 Å². The number of likely N-dealkylation sites (tertiary alicyclic amines) is 1. The maximum absolute atomic E-state index is 12.8. The van der Waals surface area contributed by atoms with E-state index in [4.69, 9.17) is 4.74 Å². The maximum Gasteiger partial charge on any atom is 0.256 e. The van der Waals surface area contributed by atoms with Gasteiger partial charge in [-0.1, -0.05) is 18.2 Å². The number of rotatable bonds is 6. The van der Waals surface area contributed by atoms with E-state index in [-0.39, 0.29) is 18.0 Å². The summed E-state index contributed by atoms with van der Waals surface area (Å²) in [6, 6.07) is 15.2. The van der Waals surface area contributed by atoms with E-state index in [1.165, 1.54) is 0 Å². The van der Waals surface area contributed by atoms with Crippen molar-refractivity contribution in [1.29, 1.82) is 0 Å². The minimum Gasteiger partial charge on any atom is -0.383 e. The minimum absolute atomic E-state index is 0.00554. The lowest BCUT2D eigenvalue weighted by atomic mass is 10.1. The molecular weight excluding hydrogens is 354 g/mol. The second-order valence-corrected chi connectivity index (χ2v) is 7.20. The van der Waals surface area contributed by atoms with Crippen LogP contribution in [-0.2, 0) is 4.74 Å². The summed E-state index contributed by atoms with van der Waals surface area (Å²) >= 11 is 0. The summed E-state index contributed by atoms with van der Waals surface area (Å²) in [6.07, 6.45) is 1.91. The van der Waals surface area contributed by atoms with Crippen LogP contribution < -0.4 is 5.32 Å². The van der Waals surface area contributed by atoms with Crippen molar-refractivity contribution in [2.75, 3.05) is 38.7 Å². The second-order valence-electron chi connectivity index (χ2n) is 7.20. The van der Waals surface area contributed by atoms with Gasteiger partial charge in [0, 0.05) is 49.1 Å².